The number of piperidine rings is 1. The molecule has 2 amide bonds. The SMILES string of the molecule is COc1cc(CCC(=O)N2CCCCC2CC(N)=O)ccc1OCC(F)(F)F. The number of halogens is 3. The minimum atomic E-state index is -4.44. The van der Waals surface area contributed by atoms with Gasteiger partial charge in [0, 0.05) is 25.4 Å². The molecule has 0 radical (unpaired) electrons. The highest BCUT2D eigenvalue weighted by atomic mass is 19.4. The van der Waals surface area contributed by atoms with Gasteiger partial charge in [0.1, 0.15) is 0 Å². The van der Waals surface area contributed by atoms with E-state index in [1.165, 1.54) is 13.2 Å². The molecule has 0 spiro atoms. The minimum Gasteiger partial charge on any atom is -0.493 e. The summed E-state index contributed by atoms with van der Waals surface area (Å²) in [6.45, 7) is -0.804. The standard InChI is InChI=1S/C19H25F3N2O4/c1-27-16-10-13(5-7-15(16)28-12-19(20,21)22)6-8-18(26)24-9-3-2-4-14(24)11-17(23)25/h5,7,10,14H,2-4,6,8-9,11-12H2,1H3,(H2,23,25). The molecule has 1 saturated heterocycles. The number of likely N-dealkylation sites (tertiary alicyclic amines) is 1. The van der Waals surface area contributed by atoms with Gasteiger partial charge in [-0.2, -0.15) is 13.2 Å². The molecule has 28 heavy (non-hydrogen) atoms. The average Bonchev–Trinajstić information content (AvgIpc) is 2.64. The van der Waals surface area contributed by atoms with E-state index >= 15 is 0 Å². The molecule has 156 valence electrons. The Morgan fingerprint density at radius 3 is 2.64 bits per heavy atom. The van der Waals surface area contributed by atoms with Crippen LogP contribution in [0.3, 0.4) is 0 Å². The van der Waals surface area contributed by atoms with Gasteiger partial charge in [0.15, 0.2) is 18.1 Å². The Hall–Kier alpha value is -2.45. The van der Waals surface area contributed by atoms with E-state index in [4.69, 9.17) is 15.2 Å². The molecule has 0 aromatic heterocycles. The van der Waals surface area contributed by atoms with E-state index in [0.717, 1.165) is 24.8 Å². The molecule has 1 atom stereocenters. The molecule has 2 rings (SSSR count). The van der Waals surface area contributed by atoms with Gasteiger partial charge in [0.05, 0.1) is 7.11 Å². The lowest BCUT2D eigenvalue weighted by Crippen LogP contribution is -2.45. The van der Waals surface area contributed by atoms with Crippen molar-refractivity contribution in [2.75, 3.05) is 20.3 Å². The lowest BCUT2D eigenvalue weighted by atomic mass is 9.98. The van der Waals surface area contributed by atoms with Crippen LogP contribution in [0.15, 0.2) is 18.2 Å². The van der Waals surface area contributed by atoms with E-state index in [0.29, 0.717) is 13.0 Å². The molecular formula is C19H25F3N2O4. The van der Waals surface area contributed by atoms with E-state index in [1.54, 1.807) is 17.0 Å². The Labute approximate surface area is 161 Å². The van der Waals surface area contributed by atoms with Gasteiger partial charge >= 0.3 is 6.18 Å². The van der Waals surface area contributed by atoms with Gasteiger partial charge in [-0.3, -0.25) is 9.59 Å². The van der Waals surface area contributed by atoms with Crippen molar-refractivity contribution in [3.05, 3.63) is 23.8 Å². The van der Waals surface area contributed by atoms with Crippen LogP contribution in [0.2, 0.25) is 0 Å². The quantitative estimate of drug-likeness (QED) is 0.725. The van der Waals surface area contributed by atoms with Crippen molar-refractivity contribution in [1.29, 1.82) is 0 Å². The molecule has 1 aromatic rings. The number of carbonyl (C=O) groups excluding carboxylic acids is 2. The summed E-state index contributed by atoms with van der Waals surface area (Å²) in [5.74, 6) is -0.322. The number of primary amides is 1. The lowest BCUT2D eigenvalue weighted by Gasteiger charge is -2.35. The number of carbonyl (C=O) groups is 2. The normalized spacial score (nSPS) is 17.3. The number of amides is 2. The molecule has 9 heteroatoms. The van der Waals surface area contributed by atoms with Gasteiger partial charge in [-0.15, -0.1) is 0 Å². The average molecular weight is 402 g/mol. The molecular weight excluding hydrogens is 377 g/mol. The van der Waals surface area contributed by atoms with Gasteiger partial charge in [-0.1, -0.05) is 6.07 Å². The Bertz CT molecular complexity index is 694. The summed E-state index contributed by atoms with van der Waals surface area (Å²) >= 11 is 0. The minimum absolute atomic E-state index is 0.00699. The fourth-order valence-corrected chi connectivity index (χ4v) is 3.31. The van der Waals surface area contributed by atoms with Crippen LogP contribution in [0.25, 0.3) is 0 Å². The second-order valence-electron chi connectivity index (χ2n) is 6.80. The van der Waals surface area contributed by atoms with Crippen molar-refractivity contribution in [3.63, 3.8) is 0 Å². The summed E-state index contributed by atoms with van der Waals surface area (Å²) < 4.78 is 46.8. The molecule has 0 saturated carbocycles. The number of methoxy groups -OCH3 is 1. The summed E-state index contributed by atoms with van der Waals surface area (Å²) in [5.41, 5.74) is 6.02. The zero-order valence-electron chi connectivity index (χ0n) is 15.8. The lowest BCUT2D eigenvalue weighted by molar-refractivity contribution is -0.153. The second-order valence-corrected chi connectivity index (χ2v) is 6.80. The Morgan fingerprint density at radius 2 is 2.00 bits per heavy atom. The van der Waals surface area contributed by atoms with Crippen molar-refractivity contribution in [2.45, 2.75) is 50.7 Å². The fourth-order valence-electron chi connectivity index (χ4n) is 3.31. The molecule has 1 fully saturated rings. The van der Waals surface area contributed by atoms with E-state index < -0.39 is 18.7 Å². The van der Waals surface area contributed by atoms with Crippen molar-refractivity contribution in [2.24, 2.45) is 5.73 Å². The number of alkyl halides is 3. The Morgan fingerprint density at radius 1 is 1.25 bits per heavy atom. The van der Waals surface area contributed by atoms with Gasteiger partial charge in [0.25, 0.3) is 0 Å². The number of benzene rings is 1. The van der Waals surface area contributed by atoms with Gasteiger partial charge in [-0.25, -0.2) is 0 Å². The summed E-state index contributed by atoms with van der Waals surface area (Å²) in [6, 6.07) is 4.42. The van der Waals surface area contributed by atoms with Crippen LogP contribution in [0.5, 0.6) is 11.5 Å². The molecule has 1 aliphatic rings. The highest BCUT2D eigenvalue weighted by Crippen LogP contribution is 2.30. The van der Waals surface area contributed by atoms with Gasteiger partial charge < -0.3 is 20.1 Å². The fraction of sp³-hybridized carbons (Fsp3) is 0.579. The van der Waals surface area contributed by atoms with Crippen LogP contribution >= 0.6 is 0 Å². The summed E-state index contributed by atoms with van der Waals surface area (Å²) in [4.78, 5) is 25.5. The number of rotatable bonds is 8. The third-order valence-corrected chi connectivity index (χ3v) is 4.63. The molecule has 1 heterocycles. The monoisotopic (exact) mass is 402 g/mol. The number of nitrogens with zero attached hydrogens (tertiary/aromatic N) is 1. The van der Waals surface area contributed by atoms with Crippen molar-refractivity contribution in [3.8, 4) is 11.5 Å². The molecule has 1 aliphatic heterocycles. The predicted octanol–water partition coefficient (Wildman–Crippen LogP) is 2.83. The van der Waals surface area contributed by atoms with Gasteiger partial charge in [-0.05, 0) is 43.4 Å². The highest BCUT2D eigenvalue weighted by molar-refractivity contribution is 5.79. The van der Waals surface area contributed by atoms with Crippen LogP contribution in [0.4, 0.5) is 13.2 Å². The first kappa shape index (κ1) is 21.8. The van der Waals surface area contributed by atoms with Crippen LogP contribution in [-0.4, -0.2) is 49.2 Å². The number of nitrogens with two attached hydrogens (primary N) is 1. The first-order valence-corrected chi connectivity index (χ1v) is 9.14. The summed E-state index contributed by atoms with van der Waals surface area (Å²) in [5, 5.41) is 0. The van der Waals surface area contributed by atoms with Crippen molar-refractivity contribution in [1.82, 2.24) is 4.90 Å². The first-order chi connectivity index (χ1) is 13.2. The maximum absolute atomic E-state index is 12.6. The second kappa shape index (κ2) is 9.66. The third kappa shape index (κ3) is 6.61. The summed E-state index contributed by atoms with van der Waals surface area (Å²) in [7, 11) is 1.34. The molecule has 1 unspecified atom stereocenters. The molecule has 2 N–H and O–H groups in total. The molecule has 0 bridgehead atoms. The summed E-state index contributed by atoms with van der Waals surface area (Å²) in [6.07, 6.45) is -1.06. The zero-order valence-corrected chi connectivity index (χ0v) is 15.8. The van der Waals surface area contributed by atoms with E-state index in [-0.39, 0.29) is 36.3 Å². The van der Waals surface area contributed by atoms with Gasteiger partial charge in [0.2, 0.25) is 11.8 Å². The van der Waals surface area contributed by atoms with Crippen LogP contribution < -0.4 is 15.2 Å². The zero-order chi connectivity index (χ0) is 20.7. The topological polar surface area (TPSA) is 81.9 Å². The van der Waals surface area contributed by atoms with Crippen molar-refractivity contribution < 1.29 is 32.2 Å². The molecule has 6 nitrogen and oxygen atoms in total. The number of aryl methyl sites for hydroxylation is 1. The van der Waals surface area contributed by atoms with E-state index in [9.17, 15) is 22.8 Å². The predicted molar refractivity (Wildman–Crippen MR) is 96.0 cm³/mol. The van der Waals surface area contributed by atoms with E-state index in [1.807, 2.05) is 0 Å². The maximum atomic E-state index is 12.6. The van der Waals surface area contributed by atoms with Crippen LogP contribution in [0, 0.1) is 0 Å². The third-order valence-electron chi connectivity index (χ3n) is 4.63. The van der Waals surface area contributed by atoms with Crippen molar-refractivity contribution >= 4 is 11.8 Å². The largest absolute Gasteiger partial charge is 0.493 e. The van der Waals surface area contributed by atoms with E-state index in [2.05, 4.69) is 0 Å². The van der Waals surface area contributed by atoms with Crippen LogP contribution in [-0.2, 0) is 16.0 Å². The van der Waals surface area contributed by atoms with Crippen LogP contribution in [0.1, 0.15) is 37.7 Å². The number of hydrogen-bond donors (Lipinski definition) is 1. The Balaban J connectivity index is 1.97. The molecule has 0 aliphatic carbocycles. The number of ether oxygens (including phenoxy) is 2. The number of hydrogen-bond acceptors (Lipinski definition) is 4. The molecule has 1 aromatic carbocycles. The first-order valence-electron chi connectivity index (χ1n) is 9.14. The smallest absolute Gasteiger partial charge is 0.422 e. The Kier molecular flexibility index (Phi) is 7.53. The highest BCUT2D eigenvalue weighted by Gasteiger charge is 2.29. The maximum Gasteiger partial charge on any atom is 0.422 e.